The molecule has 0 unspecified atom stereocenters. The molecule has 244 valence electrons. The molecule has 3 aromatic rings. The maximum atomic E-state index is 14.5. The number of halogens is 3. The number of piperidine rings is 1. The molecule has 0 radical (unpaired) electrons. The van der Waals surface area contributed by atoms with Crippen LogP contribution in [0.25, 0.3) is 0 Å². The molecular weight excluding hydrogens is 636 g/mol. The highest BCUT2D eigenvalue weighted by atomic mass is 35.5. The van der Waals surface area contributed by atoms with Crippen molar-refractivity contribution in [3.05, 3.63) is 69.6 Å². The van der Waals surface area contributed by atoms with Gasteiger partial charge in [0.25, 0.3) is 0 Å². The van der Waals surface area contributed by atoms with Gasteiger partial charge in [-0.25, -0.2) is 14.2 Å². The fourth-order valence-corrected chi connectivity index (χ4v) is 6.22. The molecule has 0 saturated carbocycles. The molecule has 0 spiro atoms. The fraction of sp³-hybridized carbons (Fsp3) is 0.375. The Balaban J connectivity index is 1.51. The van der Waals surface area contributed by atoms with Gasteiger partial charge in [0, 0.05) is 55.3 Å². The number of carbonyl (C=O) groups is 2. The van der Waals surface area contributed by atoms with Crippen molar-refractivity contribution in [3.8, 4) is 11.5 Å². The molecule has 46 heavy (non-hydrogen) atoms. The van der Waals surface area contributed by atoms with Gasteiger partial charge < -0.3 is 24.6 Å². The van der Waals surface area contributed by atoms with Gasteiger partial charge in [0.2, 0.25) is 11.9 Å². The summed E-state index contributed by atoms with van der Waals surface area (Å²) in [5, 5.41) is 3.43. The molecule has 0 bridgehead atoms. The molecule has 1 aromatic heterocycles. The smallest absolute Gasteiger partial charge is 0.330 e. The highest BCUT2D eigenvalue weighted by Gasteiger charge is 2.41. The number of methoxy groups -OCH3 is 2. The molecule has 3 amide bonds. The topological polar surface area (TPSA) is 103 Å². The normalized spacial score (nSPS) is 15.5. The molecule has 3 heterocycles. The van der Waals surface area contributed by atoms with Gasteiger partial charge in [-0.1, -0.05) is 29.3 Å². The van der Waals surface area contributed by atoms with E-state index in [0.717, 1.165) is 0 Å². The number of aromatic nitrogens is 2. The first kappa shape index (κ1) is 33.2. The van der Waals surface area contributed by atoms with E-state index in [2.05, 4.69) is 10.3 Å². The number of hydrogen-bond acceptors (Lipinski definition) is 8. The van der Waals surface area contributed by atoms with Crippen LogP contribution >= 0.6 is 23.2 Å². The number of anilines is 4. The van der Waals surface area contributed by atoms with Gasteiger partial charge in [0.05, 0.1) is 26.5 Å². The number of amides is 3. The number of urea groups is 1. The van der Waals surface area contributed by atoms with Crippen molar-refractivity contribution < 1.29 is 23.5 Å². The summed E-state index contributed by atoms with van der Waals surface area (Å²) in [6, 6.07) is 5.48. The Hall–Kier alpha value is -4.13. The van der Waals surface area contributed by atoms with E-state index in [1.54, 1.807) is 47.2 Å². The Morgan fingerprint density at radius 3 is 2.41 bits per heavy atom. The highest BCUT2D eigenvalue weighted by Crippen LogP contribution is 2.48. The number of nitrogens with one attached hydrogen (secondary N) is 1. The zero-order chi connectivity index (χ0) is 33.1. The summed E-state index contributed by atoms with van der Waals surface area (Å²) in [5.74, 6) is 0.866. The summed E-state index contributed by atoms with van der Waals surface area (Å²) >= 11 is 13.5. The Labute approximate surface area is 277 Å². The number of rotatable bonds is 9. The van der Waals surface area contributed by atoms with Crippen molar-refractivity contribution in [3.63, 3.8) is 0 Å². The van der Waals surface area contributed by atoms with Crippen LogP contribution in [0.5, 0.6) is 11.5 Å². The predicted molar refractivity (Wildman–Crippen MR) is 177 cm³/mol. The number of fused-ring (bicyclic) bond motifs is 1. The van der Waals surface area contributed by atoms with E-state index in [0.29, 0.717) is 66.6 Å². The highest BCUT2D eigenvalue weighted by molar-refractivity contribution is 6.42. The number of likely N-dealkylation sites (tertiary alicyclic amines) is 1. The van der Waals surface area contributed by atoms with Crippen molar-refractivity contribution in [2.75, 3.05) is 63.1 Å². The number of nitrogens with zero attached hydrogens (tertiary/aromatic N) is 6. The molecule has 14 heteroatoms. The summed E-state index contributed by atoms with van der Waals surface area (Å²) < 4.78 is 24.8. The molecule has 11 nitrogen and oxygen atoms in total. The lowest BCUT2D eigenvalue weighted by molar-refractivity contribution is -0.127. The van der Waals surface area contributed by atoms with Gasteiger partial charge in [-0.15, -0.1) is 0 Å². The zero-order valence-corrected chi connectivity index (χ0v) is 27.8. The third-order valence-electron chi connectivity index (χ3n) is 7.94. The molecule has 2 aliphatic heterocycles. The monoisotopic (exact) mass is 671 g/mol. The first-order chi connectivity index (χ1) is 22.0. The number of ether oxygens (including phenoxy) is 2. The van der Waals surface area contributed by atoms with E-state index in [-0.39, 0.29) is 46.0 Å². The maximum absolute atomic E-state index is 14.5. The summed E-state index contributed by atoms with van der Waals surface area (Å²) in [6.07, 6.45) is 6.09. The molecule has 1 fully saturated rings. The molecule has 0 atom stereocenters. The standard InChI is InChI=1S/C32H36Cl2FN7O4/c1-19-15-21(8-9-23(19)35)37-31-36-17-20-18-41(29-27(33)24(45-4)16-25(46-5)28(29)34)32(44)42(30(20)38-31)22-10-13-40(14-11-22)26(43)7-6-12-39(2)3/h6-9,15-17,22H,10-14,18H2,1-5H3,(H,36,37,38)/b7-6+. The average Bonchev–Trinajstić information content (AvgIpc) is 3.03. The van der Waals surface area contributed by atoms with Crippen molar-refractivity contribution in [2.24, 2.45) is 0 Å². The van der Waals surface area contributed by atoms with Crippen LogP contribution in [0.15, 0.2) is 42.6 Å². The number of likely N-dealkylation sites (N-methyl/N-ethyl adjacent to an activating group) is 1. The van der Waals surface area contributed by atoms with Crippen LogP contribution in [0, 0.1) is 12.7 Å². The summed E-state index contributed by atoms with van der Waals surface area (Å²) in [7, 11) is 6.80. The Morgan fingerprint density at radius 2 is 1.80 bits per heavy atom. The van der Waals surface area contributed by atoms with Crippen LogP contribution in [0.3, 0.4) is 0 Å². The largest absolute Gasteiger partial charge is 0.495 e. The number of aryl methyl sites for hydroxylation is 1. The summed E-state index contributed by atoms with van der Waals surface area (Å²) in [4.78, 5) is 43.5. The third-order valence-corrected chi connectivity index (χ3v) is 8.67. The summed E-state index contributed by atoms with van der Waals surface area (Å²) in [5.41, 5.74) is 1.96. The quantitative estimate of drug-likeness (QED) is 0.275. The van der Waals surface area contributed by atoms with E-state index >= 15 is 0 Å². The minimum Gasteiger partial charge on any atom is -0.495 e. The molecule has 0 aliphatic carbocycles. The molecule has 1 N–H and O–H groups in total. The first-order valence-corrected chi connectivity index (χ1v) is 15.5. The van der Waals surface area contributed by atoms with E-state index in [9.17, 15) is 14.0 Å². The lowest BCUT2D eigenvalue weighted by Crippen LogP contribution is -2.55. The molecule has 5 rings (SSSR count). The minimum atomic E-state index is -0.399. The maximum Gasteiger partial charge on any atom is 0.330 e. The lowest BCUT2D eigenvalue weighted by atomic mass is 10.0. The van der Waals surface area contributed by atoms with Crippen molar-refractivity contribution in [1.82, 2.24) is 19.8 Å². The predicted octanol–water partition coefficient (Wildman–Crippen LogP) is 6.05. The molecule has 2 aromatic carbocycles. The molecule has 2 aliphatic rings. The van der Waals surface area contributed by atoms with Crippen molar-refractivity contribution in [2.45, 2.75) is 32.4 Å². The second kappa shape index (κ2) is 14.1. The zero-order valence-electron chi connectivity index (χ0n) is 26.3. The van der Waals surface area contributed by atoms with Gasteiger partial charge >= 0.3 is 6.03 Å². The Kier molecular flexibility index (Phi) is 10.2. The van der Waals surface area contributed by atoms with Gasteiger partial charge in [-0.05, 0) is 57.6 Å². The van der Waals surface area contributed by atoms with Crippen LogP contribution in [0.1, 0.15) is 24.0 Å². The second-order valence-electron chi connectivity index (χ2n) is 11.3. The van der Waals surface area contributed by atoms with E-state index in [1.807, 2.05) is 25.1 Å². The van der Waals surface area contributed by atoms with Gasteiger partial charge in [-0.3, -0.25) is 14.6 Å². The lowest BCUT2D eigenvalue weighted by Gasteiger charge is -2.43. The van der Waals surface area contributed by atoms with Crippen molar-refractivity contribution >= 4 is 58.3 Å². The number of hydrogen-bond donors (Lipinski definition) is 1. The number of benzene rings is 2. The van der Waals surface area contributed by atoms with Crippen molar-refractivity contribution in [1.29, 1.82) is 0 Å². The van der Waals surface area contributed by atoms with Crippen LogP contribution in [0.2, 0.25) is 10.0 Å². The van der Waals surface area contributed by atoms with Crippen LogP contribution < -0.4 is 24.6 Å². The average molecular weight is 673 g/mol. The molecular formula is C32H36Cl2FN7O4. The first-order valence-electron chi connectivity index (χ1n) is 14.7. The van der Waals surface area contributed by atoms with Crippen LogP contribution in [-0.2, 0) is 11.3 Å². The SMILES string of the molecule is COc1cc(OC)c(Cl)c(N2Cc3cnc(Nc4ccc(F)c(C)c4)nc3N(C3CCN(C(=O)/C=C/CN(C)C)CC3)C2=O)c1Cl. The fourth-order valence-electron chi connectivity index (χ4n) is 5.52. The Bertz CT molecular complexity index is 1640. The van der Waals surface area contributed by atoms with E-state index in [1.165, 1.54) is 25.2 Å². The van der Waals surface area contributed by atoms with Gasteiger partial charge in [0.1, 0.15) is 33.2 Å². The number of carbonyl (C=O) groups excluding carboxylic acids is 2. The van der Waals surface area contributed by atoms with E-state index in [4.69, 9.17) is 37.7 Å². The van der Waals surface area contributed by atoms with Gasteiger partial charge in [0.15, 0.2) is 0 Å². The molecule has 1 saturated heterocycles. The minimum absolute atomic E-state index is 0.0715. The summed E-state index contributed by atoms with van der Waals surface area (Å²) in [6.45, 7) is 3.31. The van der Waals surface area contributed by atoms with Crippen LogP contribution in [0.4, 0.5) is 32.3 Å². The Morgan fingerprint density at radius 1 is 1.13 bits per heavy atom. The van der Waals surface area contributed by atoms with Crippen LogP contribution in [-0.4, -0.2) is 85.7 Å². The third kappa shape index (κ3) is 6.84. The second-order valence-corrected chi connectivity index (χ2v) is 12.1. The van der Waals surface area contributed by atoms with E-state index < -0.39 is 6.03 Å². The van der Waals surface area contributed by atoms with Gasteiger partial charge in [-0.2, -0.15) is 4.98 Å².